The van der Waals surface area contributed by atoms with Gasteiger partial charge in [0.2, 0.25) is 0 Å². The topological polar surface area (TPSA) is 96.9 Å². The zero-order valence-electron chi connectivity index (χ0n) is 19.0. The van der Waals surface area contributed by atoms with E-state index in [2.05, 4.69) is 15.8 Å². The van der Waals surface area contributed by atoms with Crippen LogP contribution in [0.15, 0.2) is 96.1 Å². The number of hydrogen-bond donors (Lipinski definition) is 2. The summed E-state index contributed by atoms with van der Waals surface area (Å²) >= 11 is 0. The third kappa shape index (κ3) is 5.97. The number of fused-ring (bicyclic) bond motifs is 1. The number of esters is 1. The van der Waals surface area contributed by atoms with Crippen LogP contribution < -0.4 is 15.5 Å². The third-order valence-electron chi connectivity index (χ3n) is 5.22. The predicted molar refractivity (Wildman–Crippen MR) is 135 cm³/mol. The summed E-state index contributed by atoms with van der Waals surface area (Å²) in [6.07, 6.45) is 1.43. The Kier molecular flexibility index (Phi) is 7.28. The lowest BCUT2D eigenvalue weighted by Gasteiger charge is -2.10. The second-order valence-electron chi connectivity index (χ2n) is 7.80. The molecule has 0 saturated heterocycles. The molecule has 4 aromatic carbocycles. The quantitative estimate of drug-likeness (QED) is 0.185. The van der Waals surface area contributed by atoms with E-state index >= 15 is 0 Å². The number of carbonyl (C=O) groups excluding carboxylic acids is 3. The van der Waals surface area contributed by atoms with Crippen LogP contribution in [0, 0.1) is 6.92 Å². The van der Waals surface area contributed by atoms with E-state index in [0.717, 1.165) is 16.3 Å². The van der Waals surface area contributed by atoms with E-state index in [4.69, 9.17) is 4.74 Å². The van der Waals surface area contributed by atoms with Crippen LogP contribution in [0.1, 0.15) is 31.8 Å². The molecule has 0 unspecified atom stereocenters. The summed E-state index contributed by atoms with van der Waals surface area (Å²) in [6.45, 7) is 1.65. The summed E-state index contributed by atoms with van der Waals surface area (Å²) in [4.78, 5) is 37.0. The number of nitrogens with zero attached hydrogens (tertiary/aromatic N) is 1. The summed E-state index contributed by atoms with van der Waals surface area (Å²) < 4.78 is 5.63. The summed E-state index contributed by atoms with van der Waals surface area (Å²) in [6, 6.07) is 26.9. The second kappa shape index (κ2) is 10.9. The van der Waals surface area contributed by atoms with Gasteiger partial charge in [0.05, 0.1) is 18.3 Å². The molecule has 0 aromatic heterocycles. The number of hydrazone groups is 1. The monoisotopic (exact) mass is 465 g/mol. The van der Waals surface area contributed by atoms with Gasteiger partial charge in [-0.05, 0) is 48.0 Å². The van der Waals surface area contributed by atoms with Gasteiger partial charge in [-0.1, -0.05) is 66.2 Å². The van der Waals surface area contributed by atoms with Crippen LogP contribution in [0.4, 0.5) is 0 Å². The maximum absolute atomic E-state index is 12.6. The lowest BCUT2D eigenvalue weighted by atomic mass is 10.0. The average molecular weight is 466 g/mol. The zero-order chi connectivity index (χ0) is 24.6. The van der Waals surface area contributed by atoms with Crippen LogP contribution in [0.2, 0.25) is 0 Å². The van der Waals surface area contributed by atoms with Crippen molar-refractivity contribution >= 4 is 34.8 Å². The van der Waals surface area contributed by atoms with Gasteiger partial charge in [-0.15, -0.1) is 0 Å². The molecule has 0 aliphatic rings. The van der Waals surface area contributed by atoms with Gasteiger partial charge in [0.25, 0.3) is 11.8 Å². The van der Waals surface area contributed by atoms with Crippen molar-refractivity contribution < 1.29 is 19.1 Å². The Labute approximate surface area is 202 Å². The van der Waals surface area contributed by atoms with Crippen LogP contribution >= 0.6 is 0 Å². The molecule has 0 aliphatic carbocycles. The van der Waals surface area contributed by atoms with Gasteiger partial charge < -0.3 is 10.1 Å². The van der Waals surface area contributed by atoms with Gasteiger partial charge in [-0.2, -0.15) is 5.10 Å². The van der Waals surface area contributed by atoms with E-state index in [9.17, 15) is 14.4 Å². The van der Waals surface area contributed by atoms with Crippen molar-refractivity contribution in [3.63, 3.8) is 0 Å². The van der Waals surface area contributed by atoms with Crippen molar-refractivity contribution in [2.24, 2.45) is 5.10 Å². The molecule has 0 saturated carbocycles. The van der Waals surface area contributed by atoms with Crippen LogP contribution in [0.5, 0.6) is 5.75 Å². The first-order chi connectivity index (χ1) is 17.0. The molecule has 2 amide bonds. The average Bonchev–Trinajstić information content (AvgIpc) is 2.88. The molecular weight excluding hydrogens is 442 g/mol. The van der Waals surface area contributed by atoms with Crippen LogP contribution in [-0.4, -0.2) is 30.5 Å². The molecule has 0 spiro atoms. The highest BCUT2D eigenvalue weighted by Gasteiger charge is 2.13. The van der Waals surface area contributed by atoms with Crippen molar-refractivity contribution in [2.75, 3.05) is 6.54 Å². The van der Waals surface area contributed by atoms with E-state index in [1.54, 1.807) is 48.5 Å². The molecule has 4 aromatic rings. The summed E-state index contributed by atoms with van der Waals surface area (Å²) in [5.74, 6) is -1.04. The van der Waals surface area contributed by atoms with E-state index in [1.807, 2.05) is 49.4 Å². The molecule has 4 rings (SSSR count). The number of rotatable bonds is 7. The Bertz CT molecular complexity index is 1410. The van der Waals surface area contributed by atoms with Crippen LogP contribution in [0.25, 0.3) is 10.8 Å². The standard InChI is InChI=1S/C28H23N3O4/c1-19-8-7-12-22(16-19)27(33)29-18-26(32)31-30-17-24-23-13-6-5-9-20(23)14-15-25(24)35-28(34)21-10-3-2-4-11-21/h2-17H,18H2,1H3,(H,29,33)(H,31,32)/b30-17+. The van der Waals surface area contributed by atoms with Gasteiger partial charge >= 0.3 is 5.97 Å². The van der Waals surface area contributed by atoms with Gasteiger partial charge in [0, 0.05) is 11.1 Å². The first-order valence-corrected chi connectivity index (χ1v) is 11.0. The minimum Gasteiger partial charge on any atom is -0.422 e. The van der Waals surface area contributed by atoms with E-state index in [1.165, 1.54) is 6.21 Å². The molecule has 2 N–H and O–H groups in total. The lowest BCUT2D eigenvalue weighted by molar-refractivity contribution is -0.120. The lowest BCUT2D eigenvalue weighted by Crippen LogP contribution is -2.34. The first-order valence-electron chi connectivity index (χ1n) is 11.0. The maximum Gasteiger partial charge on any atom is 0.343 e. The predicted octanol–water partition coefficient (Wildman–Crippen LogP) is 4.25. The number of ether oxygens (including phenoxy) is 1. The second-order valence-corrected chi connectivity index (χ2v) is 7.80. The Balaban J connectivity index is 1.46. The fourth-order valence-corrected chi connectivity index (χ4v) is 3.49. The fourth-order valence-electron chi connectivity index (χ4n) is 3.49. The number of nitrogens with one attached hydrogen (secondary N) is 2. The highest BCUT2D eigenvalue weighted by molar-refractivity contribution is 6.04. The van der Waals surface area contributed by atoms with Crippen molar-refractivity contribution in [3.8, 4) is 5.75 Å². The largest absolute Gasteiger partial charge is 0.422 e. The van der Waals surface area contributed by atoms with Crippen LogP contribution in [0.3, 0.4) is 0 Å². The Morgan fingerprint density at radius 2 is 1.60 bits per heavy atom. The molecular formula is C28H23N3O4. The van der Waals surface area contributed by atoms with Crippen LogP contribution in [-0.2, 0) is 4.79 Å². The third-order valence-corrected chi connectivity index (χ3v) is 5.22. The summed E-state index contributed by atoms with van der Waals surface area (Å²) in [5, 5.41) is 8.32. The highest BCUT2D eigenvalue weighted by atomic mass is 16.5. The minimum atomic E-state index is -0.501. The van der Waals surface area contributed by atoms with Crippen molar-refractivity contribution in [2.45, 2.75) is 6.92 Å². The van der Waals surface area contributed by atoms with E-state index < -0.39 is 11.9 Å². The van der Waals surface area contributed by atoms with E-state index in [-0.39, 0.29) is 12.5 Å². The number of carbonyl (C=O) groups is 3. The van der Waals surface area contributed by atoms with E-state index in [0.29, 0.717) is 22.4 Å². The minimum absolute atomic E-state index is 0.241. The molecule has 0 bridgehead atoms. The SMILES string of the molecule is Cc1cccc(C(=O)NCC(=O)N/N=C/c2c(OC(=O)c3ccccc3)ccc3ccccc23)c1. The van der Waals surface area contributed by atoms with Crippen molar-refractivity contribution in [1.29, 1.82) is 0 Å². The number of benzene rings is 4. The highest BCUT2D eigenvalue weighted by Crippen LogP contribution is 2.27. The van der Waals surface area contributed by atoms with Crippen molar-refractivity contribution in [3.05, 3.63) is 113 Å². The molecule has 0 heterocycles. The maximum atomic E-state index is 12.6. The smallest absolute Gasteiger partial charge is 0.343 e. The van der Waals surface area contributed by atoms with Gasteiger partial charge in [-0.25, -0.2) is 10.2 Å². The number of amides is 2. The molecule has 0 aliphatic heterocycles. The van der Waals surface area contributed by atoms with Crippen molar-refractivity contribution in [1.82, 2.24) is 10.7 Å². The van der Waals surface area contributed by atoms with Gasteiger partial charge in [-0.3, -0.25) is 9.59 Å². The molecule has 35 heavy (non-hydrogen) atoms. The summed E-state index contributed by atoms with van der Waals surface area (Å²) in [5.41, 5.74) is 4.78. The molecule has 0 fully saturated rings. The fraction of sp³-hybridized carbons (Fsp3) is 0.0714. The molecule has 0 atom stereocenters. The Hall–Kier alpha value is -4.78. The number of hydrogen-bond acceptors (Lipinski definition) is 5. The Morgan fingerprint density at radius 3 is 2.40 bits per heavy atom. The number of aryl methyl sites for hydroxylation is 1. The zero-order valence-corrected chi connectivity index (χ0v) is 19.0. The molecule has 7 nitrogen and oxygen atoms in total. The normalized spacial score (nSPS) is 10.8. The summed E-state index contributed by atoms with van der Waals surface area (Å²) in [7, 11) is 0. The van der Waals surface area contributed by atoms with Gasteiger partial charge in [0.1, 0.15) is 5.75 Å². The first kappa shape index (κ1) is 23.4. The molecule has 174 valence electrons. The van der Waals surface area contributed by atoms with Gasteiger partial charge in [0.15, 0.2) is 0 Å². The molecule has 7 heteroatoms. The Morgan fingerprint density at radius 1 is 0.857 bits per heavy atom. The molecule has 0 radical (unpaired) electrons.